The predicted molar refractivity (Wildman–Crippen MR) is 131 cm³/mol. The number of ether oxygens (including phenoxy) is 1. The Morgan fingerprint density at radius 1 is 1.09 bits per heavy atom. The van der Waals surface area contributed by atoms with Crippen LogP contribution in [0.1, 0.15) is 31.9 Å². The van der Waals surface area contributed by atoms with Crippen molar-refractivity contribution < 1.29 is 19.1 Å². The number of esters is 1. The van der Waals surface area contributed by atoms with Crippen LogP contribution in [0.3, 0.4) is 0 Å². The van der Waals surface area contributed by atoms with Crippen molar-refractivity contribution in [2.45, 2.75) is 51.1 Å². The van der Waals surface area contributed by atoms with Gasteiger partial charge in [0.15, 0.2) is 0 Å². The van der Waals surface area contributed by atoms with Crippen molar-refractivity contribution in [1.82, 2.24) is 10.2 Å². The number of rotatable bonds is 6. The number of benzene rings is 2. The molecule has 1 aliphatic heterocycles. The average molecular weight is 470 g/mol. The maximum atomic E-state index is 13.2. The Balaban J connectivity index is 1.68. The van der Waals surface area contributed by atoms with Gasteiger partial charge < -0.3 is 20.3 Å². The molecule has 3 rings (SSSR count). The number of nitrogens with zero attached hydrogens (tertiary/aromatic N) is 1. The number of aryl methyl sites for hydroxylation is 1. The molecule has 0 saturated carbocycles. The fraction of sp³-hybridized carbons (Fsp3) is 0.400. The monoisotopic (exact) mass is 469 g/mol. The molecule has 2 aromatic carbocycles. The zero-order valence-electron chi connectivity index (χ0n) is 19.5. The summed E-state index contributed by atoms with van der Waals surface area (Å²) in [5.41, 5.74) is 2.08. The van der Waals surface area contributed by atoms with E-state index in [4.69, 9.17) is 4.74 Å². The molecule has 0 aromatic heterocycles. The van der Waals surface area contributed by atoms with Gasteiger partial charge >= 0.3 is 12.0 Å². The Hall–Kier alpha value is -3.00. The maximum absolute atomic E-state index is 13.2. The van der Waals surface area contributed by atoms with E-state index in [1.165, 1.54) is 0 Å². The molecule has 2 aromatic rings. The van der Waals surface area contributed by atoms with Crippen LogP contribution >= 0.6 is 11.8 Å². The number of urea groups is 1. The summed E-state index contributed by atoms with van der Waals surface area (Å²) in [4.78, 5) is 40.0. The lowest BCUT2D eigenvalue weighted by atomic mass is 10.1. The van der Waals surface area contributed by atoms with Gasteiger partial charge in [-0.1, -0.05) is 42.5 Å². The minimum absolute atomic E-state index is 0.219. The Morgan fingerprint density at radius 2 is 1.82 bits per heavy atom. The normalized spacial score (nSPS) is 18.0. The first-order valence-electron chi connectivity index (χ1n) is 10.9. The van der Waals surface area contributed by atoms with Gasteiger partial charge in [-0.2, -0.15) is 0 Å². The van der Waals surface area contributed by atoms with Crippen LogP contribution in [0.4, 0.5) is 10.5 Å². The molecule has 0 spiro atoms. The van der Waals surface area contributed by atoms with Crippen molar-refractivity contribution in [3.8, 4) is 0 Å². The summed E-state index contributed by atoms with van der Waals surface area (Å²) in [5, 5.41) is 5.12. The van der Waals surface area contributed by atoms with Crippen LogP contribution < -0.4 is 10.6 Å². The van der Waals surface area contributed by atoms with E-state index >= 15 is 0 Å². The van der Waals surface area contributed by atoms with Gasteiger partial charge in [0.1, 0.15) is 11.6 Å². The number of hydrogen-bond acceptors (Lipinski definition) is 5. The first-order valence-corrected chi connectivity index (χ1v) is 12.0. The van der Waals surface area contributed by atoms with Crippen LogP contribution in [-0.2, 0) is 20.7 Å². The van der Waals surface area contributed by atoms with Crippen LogP contribution in [-0.4, -0.2) is 52.1 Å². The lowest BCUT2D eigenvalue weighted by molar-refractivity contribution is -0.163. The minimum atomic E-state index is -0.697. The highest BCUT2D eigenvalue weighted by Crippen LogP contribution is 2.33. The lowest BCUT2D eigenvalue weighted by Crippen LogP contribution is -2.51. The molecule has 1 fully saturated rings. The number of thioether (sulfide) groups is 1. The summed E-state index contributed by atoms with van der Waals surface area (Å²) in [6.45, 7) is 7.12. The van der Waals surface area contributed by atoms with Crippen molar-refractivity contribution in [2.75, 3.05) is 17.6 Å². The van der Waals surface area contributed by atoms with Gasteiger partial charge in [0.2, 0.25) is 5.91 Å². The number of anilines is 1. The molecule has 1 heterocycles. The molecule has 0 bridgehead atoms. The SMILES string of the molecule is Cc1cccc(NC(=O)NCC(=O)N2C(Cc3ccccc3)SCC2C(=O)OC(C)(C)C)c1. The Morgan fingerprint density at radius 3 is 2.48 bits per heavy atom. The van der Waals surface area contributed by atoms with E-state index < -0.39 is 23.6 Å². The molecule has 1 saturated heterocycles. The average Bonchev–Trinajstić information content (AvgIpc) is 3.15. The molecule has 8 heteroatoms. The Labute approximate surface area is 199 Å². The topological polar surface area (TPSA) is 87.7 Å². The Bertz CT molecular complexity index is 991. The highest BCUT2D eigenvalue weighted by Gasteiger charge is 2.43. The van der Waals surface area contributed by atoms with Gasteiger partial charge in [0.05, 0.1) is 11.9 Å². The van der Waals surface area contributed by atoms with Gasteiger partial charge in [-0.25, -0.2) is 9.59 Å². The third kappa shape index (κ3) is 7.25. The van der Waals surface area contributed by atoms with Crippen molar-refractivity contribution >= 4 is 35.4 Å². The standard InChI is InChI=1S/C25H31N3O4S/c1-17-9-8-12-19(13-17)27-24(31)26-15-21(29)28-20(23(30)32-25(2,3)4)16-33-22(28)14-18-10-6-5-7-11-18/h5-13,20,22H,14-16H2,1-4H3,(H2,26,27,31). The van der Waals surface area contributed by atoms with Crippen LogP contribution in [0, 0.1) is 6.92 Å². The van der Waals surface area contributed by atoms with E-state index in [-0.39, 0.29) is 17.8 Å². The summed E-state index contributed by atoms with van der Waals surface area (Å²) < 4.78 is 5.57. The number of amides is 3. The molecular weight excluding hydrogens is 438 g/mol. The molecule has 7 nitrogen and oxygen atoms in total. The molecule has 2 atom stereocenters. The van der Waals surface area contributed by atoms with Gasteiger partial charge in [-0.3, -0.25) is 4.79 Å². The fourth-order valence-electron chi connectivity index (χ4n) is 3.57. The molecule has 176 valence electrons. The van der Waals surface area contributed by atoms with Crippen LogP contribution in [0.2, 0.25) is 0 Å². The van der Waals surface area contributed by atoms with Crippen LogP contribution in [0.25, 0.3) is 0 Å². The third-order valence-corrected chi connectivity index (χ3v) is 6.28. The Kier molecular flexibility index (Phi) is 8.02. The van der Waals surface area contributed by atoms with Crippen LogP contribution in [0.5, 0.6) is 0 Å². The predicted octanol–water partition coefficient (Wildman–Crippen LogP) is 3.97. The van der Waals surface area contributed by atoms with E-state index in [0.29, 0.717) is 17.9 Å². The van der Waals surface area contributed by atoms with Crippen molar-refractivity contribution in [3.05, 3.63) is 65.7 Å². The number of carbonyl (C=O) groups is 3. The summed E-state index contributed by atoms with van der Waals surface area (Å²) in [7, 11) is 0. The van der Waals surface area contributed by atoms with Crippen LogP contribution in [0.15, 0.2) is 54.6 Å². The largest absolute Gasteiger partial charge is 0.458 e. The summed E-state index contributed by atoms with van der Waals surface area (Å²) in [6, 6.07) is 16.0. The smallest absolute Gasteiger partial charge is 0.330 e. The van der Waals surface area contributed by atoms with E-state index in [9.17, 15) is 14.4 Å². The molecule has 1 aliphatic rings. The molecule has 2 unspecified atom stereocenters. The molecule has 3 amide bonds. The van der Waals surface area contributed by atoms with Gasteiger partial charge in [0, 0.05) is 17.9 Å². The number of hydrogen-bond donors (Lipinski definition) is 2. The highest BCUT2D eigenvalue weighted by atomic mass is 32.2. The summed E-state index contributed by atoms with van der Waals surface area (Å²) in [5.74, 6) is -0.299. The second kappa shape index (κ2) is 10.7. The maximum Gasteiger partial charge on any atom is 0.330 e. The second-order valence-electron chi connectivity index (χ2n) is 9.01. The number of carbonyl (C=O) groups excluding carboxylic acids is 3. The van der Waals surface area contributed by atoms with Gasteiger partial charge in [-0.05, 0) is 51.0 Å². The van der Waals surface area contributed by atoms with Gasteiger partial charge in [0.25, 0.3) is 0 Å². The minimum Gasteiger partial charge on any atom is -0.458 e. The van der Waals surface area contributed by atoms with Gasteiger partial charge in [-0.15, -0.1) is 11.8 Å². The fourth-order valence-corrected chi connectivity index (χ4v) is 5.00. The first kappa shape index (κ1) is 24.6. The zero-order valence-corrected chi connectivity index (χ0v) is 20.3. The quantitative estimate of drug-likeness (QED) is 0.625. The number of nitrogens with one attached hydrogen (secondary N) is 2. The molecule has 0 aliphatic carbocycles. The van der Waals surface area contributed by atoms with Crippen molar-refractivity contribution in [1.29, 1.82) is 0 Å². The summed E-state index contributed by atoms with van der Waals surface area (Å²) in [6.07, 6.45) is 0.603. The highest BCUT2D eigenvalue weighted by molar-refractivity contribution is 8.00. The first-order chi connectivity index (χ1) is 15.6. The molecular formula is C25H31N3O4S. The molecule has 33 heavy (non-hydrogen) atoms. The molecule has 2 N–H and O–H groups in total. The van der Waals surface area contributed by atoms with E-state index in [0.717, 1.165) is 11.1 Å². The van der Waals surface area contributed by atoms with E-state index in [1.54, 1.807) is 43.5 Å². The van der Waals surface area contributed by atoms with E-state index in [1.807, 2.05) is 55.5 Å². The molecule has 0 radical (unpaired) electrons. The van der Waals surface area contributed by atoms with Crippen molar-refractivity contribution in [2.24, 2.45) is 0 Å². The zero-order chi connectivity index (χ0) is 24.0. The lowest BCUT2D eigenvalue weighted by Gasteiger charge is -2.30. The summed E-state index contributed by atoms with van der Waals surface area (Å²) >= 11 is 1.55. The second-order valence-corrected chi connectivity index (χ2v) is 10.2. The third-order valence-electron chi connectivity index (χ3n) is 4.99. The van der Waals surface area contributed by atoms with Crippen molar-refractivity contribution in [3.63, 3.8) is 0 Å². The van der Waals surface area contributed by atoms with E-state index in [2.05, 4.69) is 10.6 Å².